The Balaban J connectivity index is 2.19. The zero-order valence-electron chi connectivity index (χ0n) is 13.1. The van der Waals surface area contributed by atoms with Crippen LogP contribution in [0.25, 0.3) is 0 Å². The van der Waals surface area contributed by atoms with Crippen molar-refractivity contribution < 1.29 is 14.4 Å². The molecule has 0 bridgehead atoms. The summed E-state index contributed by atoms with van der Waals surface area (Å²) in [6.45, 7) is 3.93. The Bertz CT molecular complexity index is 674. The molecule has 23 heavy (non-hydrogen) atoms. The minimum atomic E-state index is -0.548. The van der Waals surface area contributed by atoms with Crippen LogP contribution in [0.15, 0.2) is 30.6 Å². The van der Waals surface area contributed by atoms with Crippen molar-refractivity contribution in [2.24, 2.45) is 0 Å². The molecule has 0 saturated carbocycles. The molecule has 1 N–H and O–H groups in total. The molecule has 1 aromatic heterocycles. The van der Waals surface area contributed by atoms with Crippen LogP contribution in [0.4, 0.5) is 11.5 Å². The lowest BCUT2D eigenvalue weighted by molar-refractivity contribution is -0.385. The number of nitrogens with one attached hydrogen (secondary N) is 1. The molecule has 8 heteroatoms. The van der Waals surface area contributed by atoms with Gasteiger partial charge in [0, 0.05) is 6.54 Å². The van der Waals surface area contributed by atoms with Gasteiger partial charge in [-0.15, -0.1) is 0 Å². The van der Waals surface area contributed by atoms with Gasteiger partial charge in [-0.3, -0.25) is 10.1 Å². The standard InChI is InChI=1S/C15H18N4O4/c1-10(2)23-15-13(19(20)21)14(17-9-18-15)16-8-11-4-6-12(22-3)7-5-11/h4-7,9-10H,8H2,1-3H3,(H,16,17,18). The Kier molecular flexibility index (Phi) is 5.29. The molecule has 2 aromatic rings. The first-order valence-corrected chi connectivity index (χ1v) is 7.04. The number of hydrogen-bond donors (Lipinski definition) is 1. The van der Waals surface area contributed by atoms with Crippen LogP contribution in [0.3, 0.4) is 0 Å². The fourth-order valence-corrected chi connectivity index (χ4v) is 1.90. The maximum atomic E-state index is 11.3. The van der Waals surface area contributed by atoms with Gasteiger partial charge in [-0.2, -0.15) is 4.98 Å². The lowest BCUT2D eigenvalue weighted by Gasteiger charge is -2.11. The third kappa shape index (κ3) is 4.29. The van der Waals surface area contributed by atoms with Gasteiger partial charge in [-0.05, 0) is 31.5 Å². The molecule has 1 heterocycles. The van der Waals surface area contributed by atoms with Crippen molar-refractivity contribution in [2.45, 2.75) is 26.5 Å². The van der Waals surface area contributed by atoms with Crippen LogP contribution in [0.5, 0.6) is 11.6 Å². The minimum absolute atomic E-state index is 0.0442. The van der Waals surface area contributed by atoms with E-state index < -0.39 is 4.92 Å². The van der Waals surface area contributed by atoms with E-state index >= 15 is 0 Å². The van der Waals surface area contributed by atoms with Crippen molar-refractivity contribution in [3.05, 3.63) is 46.3 Å². The van der Waals surface area contributed by atoms with Crippen LogP contribution in [-0.4, -0.2) is 28.1 Å². The summed E-state index contributed by atoms with van der Waals surface area (Å²) < 4.78 is 10.5. The van der Waals surface area contributed by atoms with Crippen LogP contribution < -0.4 is 14.8 Å². The Morgan fingerprint density at radius 2 is 1.96 bits per heavy atom. The van der Waals surface area contributed by atoms with Crippen LogP contribution >= 0.6 is 0 Å². The molecule has 8 nitrogen and oxygen atoms in total. The number of anilines is 1. The quantitative estimate of drug-likeness (QED) is 0.619. The van der Waals surface area contributed by atoms with E-state index in [0.717, 1.165) is 11.3 Å². The summed E-state index contributed by atoms with van der Waals surface area (Å²) >= 11 is 0. The van der Waals surface area contributed by atoms with Crippen molar-refractivity contribution in [3.8, 4) is 11.6 Å². The molecule has 0 radical (unpaired) electrons. The fraction of sp³-hybridized carbons (Fsp3) is 0.333. The second-order valence-electron chi connectivity index (χ2n) is 5.00. The average Bonchev–Trinajstić information content (AvgIpc) is 2.52. The fourth-order valence-electron chi connectivity index (χ4n) is 1.90. The maximum Gasteiger partial charge on any atom is 0.372 e. The molecular formula is C15H18N4O4. The van der Waals surface area contributed by atoms with Crippen LogP contribution in [-0.2, 0) is 6.54 Å². The molecule has 2 rings (SSSR count). The molecule has 0 fully saturated rings. The first-order chi connectivity index (χ1) is 11.0. The normalized spacial score (nSPS) is 10.4. The lowest BCUT2D eigenvalue weighted by atomic mass is 10.2. The Hall–Kier alpha value is -2.90. The topological polar surface area (TPSA) is 99.4 Å². The van der Waals surface area contributed by atoms with Gasteiger partial charge in [0.05, 0.1) is 18.1 Å². The van der Waals surface area contributed by atoms with E-state index in [2.05, 4.69) is 15.3 Å². The molecule has 0 atom stereocenters. The molecular weight excluding hydrogens is 300 g/mol. The van der Waals surface area contributed by atoms with E-state index in [9.17, 15) is 10.1 Å². The van der Waals surface area contributed by atoms with E-state index in [0.29, 0.717) is 6.54 Å². The van der Waals surface area contributed by atoms with Gasteiger partial charge in [0.25, 0.3) is 5.88 Å². The Morgan fingerprint density at radius 3 is 2.52 bits per heavy atom. The molecule has 0 amide bonds. The van der Waals surface area contributed by atoms with Gasteiger partial charge in [-0.25, -0.2) is 4.98 Å². The van der Waals surface area contributed by atoms with Gasteiger partial charge in [0.15, 0.2) is 0 Å². The van der Waals surface area contributed by atoms with E-state index in [-0.39, 0.29) is 23.5 Å². The summed E-state index contributed by atoms with van der Waals surface area (Å²) in [6, 6.07) is 7.37. The Morgan fingerprint density at radius 1 is 1.26 bits per heavy atom. The highest BCUT2D eigenvalue weighted by Crippen LogP contribution is 2.31. The van der Waals surface area contributed by atoms with Crippen molar-refractivity contribution in [1.82, 2.24) is 9.97 Å². The van der Waals surface area contributed by atoms with Crippen LogP contribution in [0.1, 0.15) is 19.4 Å². The number of ether oxygens (including phenoxy) is 2. The number of hydrogen-bond acceptors (Lipinski definition) is 7. The largest absolute Gasteiger partial charge is 0.497 e. The predicted octanol–water partition coefficient (Wildman–Crippen LogP) is 2.79. The van der Waals surface area contributed by atoms with E-state index in [1.807, 2.05) is 24.3 Å². The minimum Gasteiger partial charge on any atom is -0.497 e. The molecule has 0 aliphatic carbocycles. The van der Waals surface area contributed by atoms with Crippen molar-refractivity contribution in [3.63, 3.8) is 0 Å². The third-order valence-electron chi connectivity index (χ3n) is 2.94. The zero-order valence-corrected chi connectivity index (χ0v) is 13.1. The maximum absolute atomic E-state index is 11.3. The van der Waals surface area contributed by atoms with Crippen LogP contribution in [0, 0.1) is 10.1 Å². The number of rotatable bonds is 7. The van der Waals surface area contributed by atoms with Gasteiger partial charge < -0.3 is 14.8 Å². The van der Waals surface area contributed by atoms with Gasteiger partial charge in [0.1, 0.15) is 12.1 Å². The number of methoxy groups -OCH3 is 1. The summed E-state index contributed by atoms with van der Waals surface area (Å²) in [6.07, 6.45) is 1.01. The van der Waals surface area contributed by atoms with E-state index in [1.165, 1.54) is 6.33 Å². The molecule has 0 aliphatic rings. The monoisotopic (exact) mass is 318 g/mol. The second kappa shape index (κ2) is 7.39. The summed E-state index contributed by atoms with van der Waals surface area (Å²) in [4.78, 5) is 18.6. The van der Waals surface area contributed by atoms with Gasteiger partial charge >= 0.3 is 5.69 Å². The van der Waals surface area contributed by atoms with Crippen molar-refractivity contribution >= 4 is 11.5 Å². The summed E-state index contributed by atoms with van der Waals surface area (Å²) in [7, 11) is 1.59. The second-order valence-corrected chi connectivity index (χ2v) is 5.00. The molecule has 1 aromatic carbocycles. The highest BCUT2D eigenvalue weighted by atomic mass is 16.6. The highest BCUT2D eigenvalue weighted by Gasteiger charge is 2.24. The van der Waals surface area contributed by atoms with Gasteiger partial charge in [0.2, 0.25) is 5.82 Å². The number of nitrogens with zero attached hydrogens (tertiary/aromatic N) is 3. The highest BCUT2D eigenvalue weighted by molar-refractivity contribution is 5.61. The number of nitro groups is 1. The van der Waals surface area contributed by atoms with E-state index in [4.69, 9.17) is 9.47 Å². The molecule has 122 valence electrons. The average molecular weight is 318 g/mol. The van der Waals surface area contributed by atoms with E-state index in [1.54, 1.807) is 21.0 Å². The SMILES string of the molecule is COc1ccc(CNc2ncnc(OC(C)C)c2[N+](=O)[O-])cc1. The molecule has 0 unspecified atom stereocenters. The number of benzene rings is 1. The molecule has 0 saturated heterocycles. The first-order valence-electron chi connectivity index (χ1n) is 7.04. The van der Waals surface area contributed by atoms with Gasteiger partial charge in [-0.1, -0.05) is 12.1 Å². The summed E-state index contributed by atoms with van der Waals surface area (Å²) in [5, 5.41) is 14.3. The Labute approximate surface area is 133 Å². The molecule has 0 aliphatic heterocycles. The zero-order chi connectivity index (χ0) is 16.8. The van der Waals surface area contributed by atoms with Crippen molar-refractivity contribution in [1.29, 1.82) is 0 Å². The smallest absolute Gasteiger partial charge is 0.372 e. The first kappa shape index (κ1) is 16.5. The lowest BCUT2D eigenvalue weighted by Crippen LogP contribution is -2.12. The number of aromatic nitrogens is 2. The third-order valence-corrected chi connectivity index (χ3v) is 2.94. The summed E-state index contributed by atoms with van der Waals surface area (Å²) in [5.74, 6) is 0.822. The van der Waals surface area contributed by atoms with Crippen LogP contribution in [0.2, 0.25) is 0 Å². The van der Waals surface area contributed by atoms with Crippen molar-refractivity contribution in [2.75, 3.05) is 12.4 Å². The summed E-state index contributed by atoms with van der Waals surface area (Å²) in [5.41, 5.74) is 0.666. The predicted molar refractivity (Wildman–Crippen MR) is 84.8 cm³/mol. The molecule has 0 spiro atoms.